The third-order valence-electron chi connectivity index (χ3n) is 8.94. The van der Waals surface area contributed by atoms with Crippen LogP contribution in [0.5, 0.6) is 0 Å². The van der Waals surface area contributed by atoms with Gasteiger partial charge in [-0.05, 0) is 104 Å². The van der Waals surface area contributed by atoms with E-state index in [0.29, 0.717) is 11.8 Å². The smallest absolute Gasteiger partial charge is 0.0693 e. The highest BCUT2D eigenvalue weighted by atomic mass is 14.8. The number of nitrogens with zero attached hydrogens (tertiary/aromatic N) is 2. The van der Waals surface area contributed by atoms with E-state index in [1.54, 1.807) is 0 Å². The van der Waals surface area contributed by atoms with Crippen molar-refractivity contribution in [2.45, 2.75) is 106 Å². The van der Waals surface area contributed by atoms with E-state index in [1.807, 2.05) is 0 Å². The SMILES string of the molecule is CCCC1=C(C)c2cc3[nH]c(cc4nc(cc5[nH]c(cc1n2)c(CCC)c5C)[C@@H](C)[C@@H]4CC)c(C)c3CC. The van der Waals surface area contributed by atoms with Gasteiger partial charge >= 0.3 is 0 Å². The molecule has 3 aromatic heterocycles. The van der Waals surface area contributed by atoms with Crippen LogP contribution in [0.1, 0.15) is 124 Å². The number of aromatic nitrogens is 4. The normalized spacial score (nSPS) is 17.5. The fourth-order valence-electron chi connectivity index (χ4n) is 6.60. The fourth-order valence-corrected chi connectivity index (χ4v) is 6.60. The predicted molar refractivity (Wildman–Crippen MR) is 163 cm³/mol. The molecule has 0 spiro atoms. The van der Waals surface area contributed by atoms with Gasteiger partial charge in [0.2, 0.25) is 0 Å². The molecule has 2 aliphatic rings. The van der Waals surface area contributed by atoms with Gasteiger partial charge in [0.15, 0.2) is 0 Å². The molecular formula is C34H44N4. The molecule has 0 amide bonds. The standard InChI is InChI=1S/C34H44N4/c1-9-13-25-21(7)28-15-27-19(5)23(11-3)31(35-27)16-29-20(6)24(12-4)32(36-29)17-30-22(8)26(14-10-2)34(38-30)18-33(25)37-28/h15-19,23,36-37H,9-14H2,1-8H3/t19-,23-/m0/s1. The van der Waals surface area contributed by atoms with Crippen molar-refractivity contribution in [3.8, 4) is 0 Å². The number of hydrogen-bond acceptors (Lipinski definition) is 2. The van der Waals surface area contributed by atoms with Crippen LogP contribution in [0.25, 0.3) is 33.2 Å². The van der Waals surface area contributed by atoms with Crippen molar-refractivity contribution in [3.05, 3.63) is 69.3 Å². The van der Waals surface area contributed by atoms with E-state index in [4.69, 9.17) is 9.97 Å². The number of H-pyrrole nitrogens is 2. The van der Waals surface area contributed by atoms with Crippen molar-refractivity contribution in [2.24, 2.45) is 0 Å². The van der Waals surface area contributed by atoms with Crippen LogP contribution in [0.4, 0.5) is 0 Å². The molecule has 2 atom stereocenters. The Bertz CT molecular complexity index is 1560. The highest BCUT2D eigenvalue weighted by molar-refractivity contribution is 5.93. The highest BCUT2D eigenvalue weighted by Crippen LogP contribution is 2.40. The molecule has 0 saturated heterocycles. The fraction of sp³-hybridized carbons (Fsp3) is 0.471. The van der Waals surface area contributed by atoms with E-state index in [2.05, 4.69) is 89.6 Å². The average Bonchev–Trinajstić information content (AvgIpc) is 3.55. The van der Waals surface area contributed by atoms with Crippen LogP contribution in [-0.4, -0.2) is 19.9 Å². The summed E-state index contributed by atoms with van der Waals surface area (Å²) in [5, 5.41) is 0. The van der Waals surface area contributed by atoms with Gasteiger partial charge in [-0.1, -0.05) is 47.5 Å². The number of fused-ring (bicyclic) bond motifs is 8. The maximum atomic E-state index is 5.24. The molecule has 4 heteroatoms. The summed E-state index contributed by atoms with van der Waals surface area (Å²) in [5.74, 6) is 0.808. The summed E-state index contributed by atoms with van der Waals surface area (Å²) in [7, 11) is 0. The lowest BCUT2D eigenvalue weighted by atomic mass is 9.89. The average molecular weight is 509 g/mol. The van der Waals surface area contributed by atoms with Crippen molar-refractivity contribution < 1.29 is 0 Å². The number of hydrogen-bond donors (Lipinski definition) is 2. The molecule has 0 aromatic carbocycles. The monoisotopic (exact) mass is 508 g/mol. The second kappa shape index (κ2) is 10.6. The first-order chi connectivity index (χ1) is 18.3. The molecule has 0 saturated carbocycles. The predicted octanol–water partition coefficient (Wildman–Crippen LogP) is 9.47. The molecule has 38 heavy (non-hydrogen) atoms. The number of aromatic amines is 2. The van der Waals surface area contributed by atoms with Crippen molar-refractivity contribution in [1.29, 1.82) is 0 Å². The minimum atomic E-state index is 0.385. The zero-order valence-corrected chi connectivity index (χ0v) is 24.6. The van der Waals surface area contributed by atoms with Crippen LogP contribution in [0.3, 0.4) is 0 Å². The van der Waals surface area contributed by atoms with Gasteiger partial charge < -0.3 is 9.97 Å². The molecule has 4 nitrogen and oxygen atoms in total. The first-order valence-electron chi connectivity index (χ1n) is 14.7. The maximum Gasteiger partial charge on any atom is 0.0693 e. The summed E-state index contributed by atoms with van der Waals surface area (Å²) in [6.07, 6.45) is 6.37. The Morgan fingerprint density at radius 2 is 1.29 bits per heavy atom. The molecule has 8 bridgehead atoms. The Morgan fingerprint density at radius 1 is 0.684 bits per heavy atom. The lowest BCUT2D eigenvalue weighted by Crippen LogP contribution is -1.99. The molecule has 5 heterocycles. The van der Waals surface area contributed by atoms with E-state index in [-0.39, 0.29) is 0 Å². The van der Waals surface area contributed by atoms with Crippen molar-refractivity contribution in [1.82, 2.24) is 19.9 Å². The quantitative estimate of drug-likeness (QED) is 0.348. The summed E-state index contributed by atoms with van der Waals surface area (Å²) in [6.45, 7) is 18.1. The topological polar surface area (TPSA) is 57.4 Å². The van der Waals surface area contributed by atoms with Gasteiger partial charge in [0, 0.05) is 45.3 Å². The molecular weight excluding hydrogens is 464 g/mol. The van der Waals surface area contributed by atoms with Gasteiger partial charge in [-0.15, -0.1) is 0 Å². The lowest BCUT2D eigenvalue weighted by molar-refractivity contribution is 0.585. The van der Waals surface area contributed by atoms with Crippen molar-refractivity contribution in [3.63, 3.8) is 0 Å². The molecule has 0 aliphatic carbocycles. The van der Waals surface area contributed by atoms with E-state index in [1.165, 1.54) is 66.9 Å². The Balaban J connectivity index is 1.95. The maximum absolute atomic E-state index is 5.24. The van der Waals surface area contributed by atoms with E-state index >= 15 is 0 Å². The zero-order valence-electron chi connectivity index (χ0n) is 24.6. The zero-order chi connectivity index (χ0) is 27.1. The molecule has 2 aliphatic heterocycles. The molecule has 2 N–H and O–H groups in total. The second-order valence-corrected chi connectivity index (χ2v) is 11.3. The van der Waals surface area contributed by atoms with Crippen molar-refractivity contribution in [2.75, 3.05) is 0 Å². The van der Waals surface area contributed by atoms with E-state index in [0.717, 1.165) is 49.9 Å². The van der Waals surface area contributed by atoms with Gasteiger partial charge in [0.1, 0.15) is 0 Å². The minimum Gasteiger partial charge on any atom is -0.355 e. The Hall–Kier alpha value is -3.14. The molecule has 0 radical (unpaired) electrons. The van der Waals surface area contributed by atoms with Crippen LogP contribution in [0.15, 0.2) is 24.3 Å². The van der Waals surface area contributed by atoms with Crippen LogP contribution < -0.4 is 0 Å². The van der Waals surface area contributed by atoms with Gasteiger partial charge in [-0.2, -0.15) is 0 Å². The molecule has 0 unspecified atom stereocenters. The molecule has 200 valence electrons. The van der Waals surface area contributed by atoms with Crippen LogP contribution >= 0.6 is 0 Å². The highest BCUT2D eigenvalue weighted by Gasteiger charge is 2.27. The first-order valence-corrected chi connectivity index (χ1v) is 14.7. The Morgan fingerprint density at radius 3 is 1.92 bits per heavy atom. The summed E-state index contributed by atoms with van der Waals surface area (Å²) in [4.78, 5) is 18.1. The summed E-state index contributed by atoms with van der Waals surface area (Å²) in [6, 6.07) is 9.21. The summed E-state index contributed by atoms with van der Waals surface area (Å²) >= 11 is 0. The van der Waals surface area contributed by atoms with Crippen LogP contribution in [0.2, 0.25) is 0 Å². The number of aryl methyl sites for hydroxylation is 4. The molecule has 0 fully saturated rings. The second-order valence-electron chi connectivity index (χ2n) is 11.3. The van der Waals surface area contributed by atoms with Gasteiger partial charge in [0.05, 0.1) is 11.4 Å². The van der Waals surface area contributed by atoms with E-state index < -0.39 is 0 Å². The summed E-state index contributed by atoms with van der Waals surface area (Å²) in [5.41, 5.74) is 17.4. The largest absolute Gasteiger partial charge is 0.355 e. The minimum absolute atomic E-state index is 0.385. The number of nitrogens with one attached hydrogen (secondary N) is 2. The summed E-state index contributed by atoms with van der Waals surface area (Å²) < 4.78 is 0. The van der Waals surface area contributed by atoms with Crippen molar-refractivity contribution >= 4 is 33.2 Å². The Labute approximate surface area is 228 Å². The van der Waals surface area contributed by atoms with E-state index in [9.17, 15) is 0 Å². The lowest BCUT2D eigenvalue weighted by Gasteiger charge is -2.12. The Kier molecular flexibility index (Phi) is 7.35. The number of rotatable bonds is 6. The number of allylic oxidation sites excluding steroid dienone is 2. The van der Waals surface area contributed by atoms with Gasteiger partial charge in [0.25, 0.3) is 0 Å². The van der Waals surface area contributed by atoms with Crippen LogP contribution in [0, 0.1) is 13.8 Å². The first kappa shape index (κ1) is 26.5. The third kappa shape index (κ3) is 4.42. The van der Waals surface area contributed by atoms with Crippen LogP contribution in [-0.2, 0) is 12.8 Å². The van der Waals surface area contributed by atoms with Gasteiger partial charge in [-0.3, -0.25) is 4.98 Å². The molecule has 3 aromatic rings. The third-order valence-corrected chi connectivity index (χ3v) is 8.94. The van der Waals surface area contributed by atoms with Gasteiger partial charge in [-0.25, -0.2) is 4.98 Å². The molecule has 5 rings (SSSR count).